The number of methoxy groups -OCH3 is 2. The zero-order valence-electron chi connectivity index (χ0n) is 27.2. The van der Waals surface area contributed by atoms with Gasteiger partial charge >= 0.3 is 0 Å². The maximum Gasteiger partial charge on any atom is 0.234 e. The molecule has 1 atom stereocenters. The molecule has 5 aromatic rings. The summed E-state index contributed by atoms with van der Waals surface area (Å²) in [6.45, 7) is 4.14. The van der Waals surface area contributed by atoms with Gasteiger partial charge in [0.25, 0.3) is 0 Å². The van der Waals surface area contributed by atoms with E-state index in [0.29, 0.717) is 43.5 Å². The number of likely N-dealkylation sites (tertiary alicyclic amines) is 1. The van der Waals surface area contributed by atoms with Crippen LogP contribution in [-0.2, 0) is 22.6 Å². The van der Waals surface area contributed by atoms with Gasteiger partial charge in [-0.2, -0.15) is 0 Å². The topological polar surface area (TPSA) is 123 Å². The highest BCUT2D eigenvalue weighted by Crippen LogP contribution is 2.34. The van der Waals surface area contributed by atoms with Crippen molar-refractivity contribution in [2.24, 2.45) is 0 Å². The minimum Gasteiger partial charge on any atom is -0.508 e. The summed E-state index contributed by atoms with van der Waals surface area (Å²) in [5.41, 5.74) is 5.24. The number of hydrogen-bond acceptors (Lipinski definition) is 6. The van der Waals surface area contributed by atoms with Crippen molar-refractivity contribution in [1.29, 1.82) is 0 Å². The zero-order chi connectivity index (χ0) is 32.9. The number of aromatic amines is 2. The largest absolute Gasteiger partial charge is 0.508 e. The molecular formula is C37H43N5O5. The van der Waals surface area contributed by atoms with E-state index in [9.17, 15) is 14.7 Å². The number of carbonyl (C=O) groups excluding carboxylic acids is 2. The lowest BCUT2D eigenvalue weighted by Crippen LogP contribution is -2.49. The highest BCUT2D eigenvalue weighted by Gasteiger charge is 2.26. The van der Waals surface area contributed by atoms with Crippen molar-refractivity contribution < 1.29 is 24.2 Å². The molecule has 10 nitrogen and oxygen atoms in total. The average Bonchev–Trinajstić information content (AvgIpc) is 3.68. The molecule has 0 spiro atoms. The summed E-state index contributed by atoms with van der Waals surface area (Å²) in [6, 6.07) is 18.8. The number of ether oxygens (including phenoxy) is 2. The number of carbonyl (C=O) groups is 2. The smallest absolute Gasteiger partial charge is 0.234 e. The summed E-state index contributed by atoms with van der Waals surface area (Å²) in [5.74, 6) is 1.78. The van der Waals surface area contributed by atoms with E-state index in [2.05, 4.69) is 32.4 Å². The number of rotatable bonds is 12. The number of H-pyrrole nitrogens is 2. The van der Waals surface area contributed by atoms with E-state index in [1.807, 2.05) is 48.7 Å². The molecule has 2 aromatic heterocycles. The van der Waals surface area contributed by atoms with Gasteiger partial charge < -0.3 is 34.8 Å². The summed E-state index contributed by atoms with van der Waals surface area (Å²) >= 11 is 0. The molecule has 10 heteroatoms. The third-order valence-electron chi connectivity index (χ3n) is 9.27. The van der Waals surface area contributed by atoms with Crippen LogP contribution in [0.25, 0.3) is 21.8 Å². The monoisotopic (exact) mass is 637 g/mol. The Hall–Kier alpha value is -4.96. The van der Waals surface area contributed by atoms with Crippen LogP contribution in [0.1, 0.15) is 42.4 Å². The van der Waals surface area contributed by atoms with E-state index in [0.717, 1.165) is 58.9 Å². The van der Waals surface area contributed by atoms with E-state index < -0.39 is 0 Å². The van der Waals surface area contributed by atoms with Crippen LogP contribution in [0.2, 0.25) is 0 Å². The first kappa shape index (κ1) is 32.0. The summed E-state index contributed by atoms with van der Waals surface area (Å²) < 4.78 is 10.9. The highest BCUT2D eigenvalue weighted by atomic mass is 16.5. The minimum atomic E-state index is -0.311. The number of nitrogens with zero attached hydrogens (tertiary/aromatic N) is 2. The van der Waals surface area contributed by atoms with Gasteiger partial charge in [0.1, 0.15) is 17.2 Å². The molecule has 4 N–H and O–H groups in total. The molecule has 0 saturated carbocycles. The fourth-order valence-electron chi connectivity index (χ4n) is 6.82. The standard InChI is InChI=1S/C37H43N5O5/c1-24(43)42(21-25-14-30(46-2)18-31(15-25)47-3)22-28(16-27-19-38-35-7-5-4-6-32(27)35)40-37(45)23-41-12-10-26(11-13-41)34-20-39-36-9-8-29(44)17-33(34)36/h4-9,14-15,17-20,26,28,38-39,44H,10-13,16,21-23H2,1-3H3,(H,40,45)/t28-/m1/s1. The van der Waals surface area contributed by atoms with Crippen molar-refractivity contribution in [2.75, 3.05) is 40.4 Å². The molecule has 6 rings (SSSR count). The number of hydrogen-bond donors (Lipinski definition) is 4. The van der Waals surface area contributed by atoms with Gasteiger partial charge in [0, 0.05) is 60.3 Å². The summed E-state index contributed by atoms with van der Waals surface area (Å²) in [4.78, 5) is 37.2. The molecule has 1 aliphatic rings. The molecular weight excluding hydrogens is 594 g/mol. The van der Waals surface area contributed by atoms with Gasteiger partial charge in [0.05, 0.1) is 26.8 Å². The molecule has 246 valence electrons. The number of aromatic nitrogens is 2. The minimum absolute atomic E-state index is 0.0585. The number of nitrogens with one attached hydrogen (secondary N) is 3. The predicted octanol–water partition coefficient (Wildman–Crippen LogP) is 5.33. The number of fused-ring (bicyclic) bond motifs is 2. The number of amides is 2. The van der Waals surface area contributed by atoms with Crippen molar-refractivity contribution in [3.8, 4) is 17.2 Å². The third-order valence-corrected chi connectivity index (χ3v) is 9.27. The highest BCUT2D eigenvalue weighted by molar-refractivity contribution is 5.85. The molecule has 47 heavy (non-hydrogen) atoms. The summed E-state index contributed by atoms with van der Waals surface area (Å²) in [7, 11) is 3.20. The number of piperidine rings is 1. The van der Waals surface area contributed by atoms with Crippen LogP contribution < -0.4 is 14.8 Å². The van der Waals surface area contributed by atoms with Crippen molar-refractivity contribution in [1.82, 2.24) is 25.1 Å². The predicted molar refractivity (Wildman–Crippen MR) is 183 cm³/mol. The van der Waals surface area contributed by atoms with E-state index in [1.165, 1.54) is 5.56 Å². The Morgan fingerprint density at radius 2 is 1.66 bits per heavy atom. The van der Waals surface area contributed by atoms with Crippen LogP contribution in [0.5, 0.6) is 17.2 Å². The number of phenols is 1. The number of benzene rings is 3. The van der Waals surface area contributed by atoms with Crippen molar-refractivity contribution in [3.05, 3.63) is 89.7 Å². The second-order valence-electron chi connectivity index (χ2n) is 12.5. The Balaban J connectivity index is 1.14. The molecule has 3 aromatic carbocycles. The Kier molecular flexibility index (Phi) is 9.68. The number of para-hydroxylation sites is 1. The van der Waals surface area contributed by atoms with E-state index in [4.69, 9.17) is 9.47 Å². The normalized spacial score (nSPS) is 14.7. The van der Waals surface area contributed by atoms with Crippen molar-refractivity contribution >= 4 is 33.6 Å². The maximum atomic E-state index is 13.6. The van der Waals surface area contributed by atoms with Gasteiger partial charge in [-0.1, -0.05) is 18.2 Å². The van der Waals surface area contributed by atoms with Crippen LogP contribution in [0, 0.1) is 0 Å². The SMILES string of the molecule is COc1cc(CN(C[C@@H](Cc2c[nH]c3ccccc23)NC(=O)CN2CCC(c3c[nH]c4ccc(O)cc34)CC2)C(C)=O)cc(OC)c1. The fraction of sp³-hybridized carbons (Fsp3) is 0.351. The molecule has 2 amide bonds. The zero-order valence-corrected chi connectivity index (χ0v) is 27.2. The Morgan fingerprint density at radius 3 is 2.38 bits per heavy atom. The molecule has 1 aliphatic heterocycles. The van der Waals surface area contributed by atoms with Crippen molar-refractivity contribution in [2.45, 2.75) is 44.7 Å². The quantitative estimate of drug-likeness (QED) is 0.147. The van der Waals surface area contributed by atoms with E-state index in [1.54, 1.807) is 38.2 Å². The average molecular weight is 638 g/mol. The number of phenolic OH excluding ortho intramolecular Hbond substituents is 1. The van der Waals surface area contributed by atoms with E-state index in [-0.39, 0.29) is 23.6 Å². The van der Waals surface area contributed by atoms with Crippen molar-refractivity contribution in [3.63, 3.8) is 0 Å². The maximum absolute atomic E-state index is 13.6. The molecule has 3 heterocycles. The first-order valence-electron chi connectivity index (χ1n) is 16.1. The number of aromatic hydroxyl groups is 1. The fourth-order valence-corrected chi connectivity index (χ4v) is 6.82. The van der Waals surface area contributed by atoms with Crippen LogP contribution in [0.4, 0.5) is 0 Å². The van der Waals surface area contributed by atoms with Gasteiger partial charge in [-0.3, -0.25) is 14.5 Å². The molecule has 1 saturated heterocycles. The van der Waals surface area contributed by atoms with Gasteiger partial charge in [0.15, 0.2) is 0 Å². The molecule has 0 aliphatic carbocycles. The lowest BCUT2D eigenvalue weighted by atomic mass is 9.89. The Labute approximate surface area is 274 Å². The van der Waals surface area contributed by atoms with Crippen LogP contribution in [0.15, 0.2) is 73.1 Å². The van der Waals surface area contributed by atoms with Crippen LogP contribution in [0.3, 0.4) is 0 Å². The van der Waals surface area contributed by atoms with E-state index >= 15 is 0 Å². The van der Waals surface area contributed by atoms with Crippen LogP contribution >= 0.6 is 0 Å². The molecule has 1 fully saturated rings. The second kappa shape index (κ2) is 14.2. The van der Waals surface area contributed by atoms with Gasteiger partial charge in [-0.05, 0) is 91.4 Å². The van der Waals surface area contributed by atoms with Gasteiger partial charge in [0.2, 0.25) is 11.8 Å². The molecule has 0 radical (unpaired) electrons. The van der Waals surface area contributed by atoms with Gasteiger partial charge in [-0.25, -0.2) is 0 Å². The first-order chi connectivity index (χ1) is 22.8. The molecule has 0 bridgehead atoms. The summed E-state index contributed by atoms with van der Waals surface area (Å²) in [5, 5.41) is 15.5. The first-order valence-corrected chi connectivity index (χ1v) is 16.1. The third kappa shape index (κ3) is 7.55. The second-order valence-corrected chi connectivity index (χ2v) is 12.5. The Morgan fingerprint density at radius 1 is 0.957 bits per heavy atom. The molecule has 0 unspecified atom stereocenters. The lowest BCUT2D eigenvalue weighted by Gasteiger charge is -2.32. The lowest BCUT2D eigenvalue weighted by molar-refractivity contribution is -0.131. The van der Waals surface area contributed by atoms with Gasteiger partial charge in [-0.15, -0.1) is 0 Å². The van der Waals surface area contributed by atoms with Crippen LogP contribution in [-0.4, -0.2) is 83.1 Å². The Bertz CT molecular complexity index is 1830. The summed E-state index contributed by atoms with van der Waals surface area (Å²) in [6.07, 6.45) is 6.46.